The molecule has 132 valence electrons. The molecule has 3 rings (SSSR count). The van der Waals surface area contributed by atoms with Gasteiger partial charge in [0, 0.05) is 17.2 Å². The number of hydrogen-bond donors (Lipinski definition) is 1. The highest BCUT2D eigenvalue weighted by molar-refractivity contribution is 5.95. The topological polar surface area (TPSA) is 64.1 Å². The standard InChI is InChI=1S/C21H21N3O2/c1-15-7-9-17(10-8-15)19-11-12-20(24-23-19)26-14-13-22-21(25)18-6-4-3-5-16(18)2/h3-12H,13-14H2,1-2H3,(H,22,25). The summed E-state index contributed by atoms with van der Waals surface area (Å²) in [5.41, 5.74) is 4.64. The number of aryl methyl sites for hydroxylation is 2. The van der Waals surface area contributed by atoms with E-state index < -0.39 is 0 Å². The van der Waals surface area contributed by atoms with Crippen LogP contribution in [0, 0.1) is 13.8 Å². The maximum atomic E-state index is 12.1. The van der Waals surface area contributed by atoms with Crippen molar-refractivity contribution in [3.8, 4) is 17.1 Å². The van der Waals surface area contributed by atoms with Crippen LogP contribution in [0.4, 0.5) is 0 Å². The molecule has 0 aliphatic heterocycles. The first-order valence-electron chi connectivity index (χ1n) is 8.51. The minimum absolute atomic E-state index is 0.104. The van der Waals surface area contributed by atoms with Crippen LogP contribution < -0.4 is 10.1 Å². The van der Waals surface area contributed by atoms with E-state index in [4.69, 9.17) is 4.74 Å². The van der Waals surface area contributed by atoms with E-state index in [2.05, 4.69) is 15.5 Å². The molecule has 0 saturated heterocycles. The van der Waals surface area contributed by atoms with Crippen molar-refractivity contribution in [2.24, 2.45) is 0 Å². The highest BCUT2D eigenvalue weighted by Gasteiger charge is 2.07. The Balaban J connectivity index is 1.49. The molecule has 0 aliphatic carbocycles. The van der Waals surface area contributed by atoms with Crippen molar-refractivity contribution in [2.75, 3.05) is 13.2 Å². The zero-order valence-corrected chi connectivity index (χ0v) is 14.9. The quantitative estimate of drug-likeness (QED) is 0.693. The summed E-state index contributed by atoms with van der Waals surface area (Å²) >= 11 is 0. The number of aromatic nitrogens is 2. The molecule has 1 amide bonds. The van der Waals surface area contributed by atoms with Crippen molar-refractivity contribution >= 4 is 5.91 Å². The van der Waals surface area contributed by atoms with Crippen LogP contribution in [0.5, 0.6) is 5.88 Å². The van der Waals surface area contributed by atoms with E-state index in [0.29, 0.717) is 24.6 Å². The van der Waals surface area contributed by atoms with E-state index in [0.717, 1.165) is 16.8 Å². The number of ether oxygens (including phenoxy) is 1. The molecule has 0 unspecified atom stereocenters. The highest BCUT2D eigenvalue weighted by Crippen LogP contribution is 2.18. The summed E-state index contributed by atoms with van der Waals surface area (Å²) < 4.78 is 5.54. The van der Waals surface area contributed by atoms with Crippen LogP contribution in [0.15, 0.2) is 60.7 Å². The Kier molecular flexibility index (Phi) is 5.59. The summed E-state index contributed by atoms with van der Waals surface area (Å²) in [6, 6.07) is 19.2. The van der Waals surface area contributed by atoms with Gasteiger partial charge >= 0.3 is 0 Å². The molecule has 0 aliphatic rings. The number of amides is 1. The number of carbonyl (C=O) groups is 1. The predicted octanol–water partition coefficient (Wildman–Crippen LogP) is 3.57. The third-order valence-corrected chi connectivity index (χ3v) is 4.01. The van der Waals surface area contributed by atoms with Crippen molar-refractivity contribution in [1.82, 2.24) is 15.5 Å². The zero-order valence-electron chi connectivity index (χ0n) is 14.9. The van der Waals surface area contributed by atoms with Crippen molar-refractivity contribution in [3.63, 3.8) is 0 Å². The molecule has 0 radical (unpaired) electrons. The molecule has 0 fully saturated rings. The predicted molar refractivity (Wildman–Crippen MR) is 101 cm³/mol. The first-order chi connectivity index (χ1) is 12.6. The van der Waals surface area contributed by atoms with Gasteiger partial charge in [-0.2, -0.15) is 0 Å². The van der Waals surface area contributed by atoms with Gasteiger partial charge in [-0.05, 0) is 31.5 Å². The number of benzene rings is 2. The SMILES string of the molecule is Cc1ccc(-c2ccc(OCCNC(=O)c3ccccc3C)nn2)cc1. The second-order valence-electron chi connectivity index (χ2n) is 6.04. The lowest BCUT2D eigenvalue weighted by atomic mass is 10.1. The lowest BCUT2D eigenvalue weighted by Gasteiger charge is -2.08. The molecule has 1 heterocycles. The van der Waals surface area contributed by atoms with Gasteiger partial charge in [-0.25, -0.2) is 0 Å². The van der Waals surface area contributed by atoms with Gasteiger partial charge in [0.05, 0.1) is 12.2 Å². The summed E-state index contributed by atoms with van der Waals surface area (Å²) in [6.45, 7) is 4.69. The Hall–Kier alpha value is -3.21. The van der Waals surface area contributed by atoms with E-state index in [-0.39, 0.29) is 5.91 Å². The van der Waals surface area contributed by atoms with E-state index in [1.807, 2.05) is 62.4 Å². The minimum atomic E-state index is -0.104. The number of nitrogens with zero attached hydrogens (tertiary/aromatic N) is 2. The third kappa shape index (κ3) is 4.45. The average molecular weight is 347 g/mol. The Labute approximate surface area is 153 Å². The molecule has 2 aromatic carbocycles. The third-order valence-electron chi connectivity index (χ3n) is 4.01. The fraction of sp³-hybridized carbons (Fsp3) is 0.190. The first kappa shape index (κ1) is 17.6. The number of hydrogen-bond acceptors (Lipinski definition) is 4. The fourth-order valence-electron chi connectivity index (χ4n) is 2.52. The van der Waals surface area contributed by atoms with Crippen LogP contribution in [-0.2, 0) is 0 Å². The number of carbonyl (C=O) groups excluding carboxylic acids is 1. The summed E-state index contributed by atoms with van der Waals surface area (Å²) in [6.07, 6.45) is 0. The number of nitrogens with one attached hydrogen (secondary N) is 1. The van der Waals surface area contributed by atoms with Crippen molar-refractivity contribution in [3.05, 3.63) is 77.4 Å². The molecule has 26 heavy (non-hydrogen) atoms. The monoisotopic (exact) mass is 347 g/mol. The van der Waals surface area contributed by atoms with Gasteiger partial charge in [-0.3, -0.25) is 4.79 Å². The average Bonchev–Trinajstić information content (AvgIpc) is 2.66. The Morgan fingerprint density at radius 1 is 0.962 bits per heavy atom. The molecular weight excluding hydrogens is 326 g/mol. The molecule has 3 aromatic rings. The molecule has 1 N–H and O–H groups in total. The molecule has 1 aromatic heterocycles. The lowest BCUT2D eigenvalue weighted by molar-refractivity contribution is 0.0946. The maximum Gasteiger partial charge on any atom is 0.251 e. The molecule has 0 bridgehead atoms. The molecule has 5 nitrogen and oxygen atoms in total. The summed E-state index contributed by atoms with van der Waals surface area (Å²) in [5.74, 6) is 0.332. The summed E-state index contributed by atoms with van der Waals surface area (Å²) in [7, 11) is 0. The van der Waals surface area contributed by atoms with Crippen LogP contribution >= 0.6 is 0 Å². The Morgan fingerprint density at radius 2 is 1.73 bits per heavy atom. The van der Waals surface area contributed by atoms with Crippen LogP contribution in [0.1, 0.15) is 21.5 Å². The molecular formula is C21H21N3O2. The maximum absolute atomic E-state index is 12.1. The second-order valence-corrected chi connectivity index (χ2v) is 6.04. The first-order valence-corrected chi connectivity index (χ1v) is 8.51. The van der Waals surface area contributed by atoms with Crippen molar-refractivity contribution in [2.45, 2.75) is 13.8 Å². The Morgan fingerprint density at radius 3 is 2.42 bits per heavy atom. The van der Waals surface area contributed by atoms with Crippen molar-refractivity contribution in [1.29, 1.82) is 0 Å². The minimum Gasteiger partial charge on any atom is -0.475 e. The van der Waals surface area contributed by atoms with Gasteiger partial charge in [0.2, 0.25) is 5.88 Å². The molecule has 0 spiro atoms. The van der Waals surface area contributed by atoms with Gasteiger partial charge in [0.1, 0.15) is 6.61 Å². The zero-order chi connectivity index (χ0) is 18.4. The fourth-order valence-corrected chi connectivity index (χ4v) is 2.52. The lowest BCUT2D eigenvalue weighted by Crippen LogP contribution is -2.28. The van der Waals surface area contributed by atoms with Gasteiger partial charge in [0.15, 0.2) is 0 Å². The smallest absolute Gasteiger partial charge is 0.251 e. The molecule has 0 saturated carbocycles. The van der Waals surface area contributed by atoms with Crippen molar-refractivity contribution < 1.29 is 9.53 Å². The highest BCUT2D eigenvalue weighted by atomic mass is 16.5. The Bertz CT molecular complexity index is 875. The van der Waals surface area contributed by atoms with Crippen LogP contribution in [0.2, 0.25) is 0 Å². The van der Waals surface area contributed by atoms with E-state index in [1.165, 1.54) is 5.56 Å². The van der Waals surface area contributed by atoms with E-state index in [9.17, 15) is 4.79 Å². The van der Waals surface area contributed by atoms with Gasteiger partial charge in [-0.15, -0.1) is 10.2 Å². The number of rotatable bonds is 6. The second kappa shape index (κ2) is 8.25. The normalized spacial score (nSPS) is 10.4. The van der Waals surface area contributed by atoms with Crippen LogP contribution in [0.3, 0.4) is 0 Å². The largest absolute Gasteiger partial charge is 0.475 e. The summed E-state index contributed by atoms with van der Waals surface area (Å²) in [5, 5.41) is 11.1. The van der Waals surface area contributed by atoms with E-state index in [1.54, 1.807) is 12.1 Å². The van der Waals surface area contributed by atoms with Crippen LogP contribution in [-0.4, -0.2) is 29.3 Å². The summed E-state index contributed by atoms with van der Waals surface area (Å²) in [4.78, 5) is 12.1. The van der Waals surface area contributed by atoms with Crippen LogP contribution in [0.25, 0.3) is 11.3 Å². The molecule has 5 heteroatoms. The van der Waals surface area contributed by atoms with Gasteiger partial charge < -0.3 is 10.1 Å². The molecule has 0 atom stereocenters. The van der Waals surface area contributed by atoms with Gasteiger partial charge in [-0.1, -0.05) is 48.0 Å². The van der Waals surface area contributed by atoms with E-state index >= 15 is 0 Å². The van der Waals surface area contributed by atoms with Gasteiger partial charge in [0.25, 0.3) is 5.91 Å².